The Balaban J connectivity index is 1.99. The SMILES string of the molecule is C=CCn1c(O[C@H]2CN[C@H](C(=O)O)C2)nc2cc(Cl)ccc2c1=O. The van der Waals surface area contributed by atoms with E-state index in [1.807, 2.05) is 0 Å². The first-order valence-electron chi connectivity index (χ1n) is 7.43. The normalized spacial score (nSPS) is 20.2. The molecule has 0 unspecified atom stereocenters. The van der Waals surface area contributed by atoms with Crippen LogP contribution in [0.15, 0.2) is 35.6 Å². The molecule has 0 saturated carbocycles. The van der Waals surface area contributed by atoms with Crippen molar-refractivity contribution in [1.29, 1.82) is 0 Å². The number of carbonyl (C=O) groups is 1. The van der Waals surface area contributed by atoms with Gasteiger partial charge in [0.2, 0.25) is 0 Å². The number of ether oxygens (including phenoxy) is 1. The predicted molar refractivity (Wildman–Crippen MR) is 89.7 cm³/mol. The van der Waals surface area contributed by atoms with Crippen LogP contribution in [-0.2, 0) is 11.3 Å². The maximum absolute atomic E-state index is 12.6. The lowest BCUT2D eigenvalue weighted by Gasteiger charge is -2.16. The van der Waals surface area contributed by atoms with Crippen molar-refractivity contribution in [3.63, 3.8) is 0 Å². The van der Waals surface area contributed by atoms with E-state index in [2.05, 4.69) is 16.9 Å². The van der Waals surface area contributed by atoms with Crippen LogP contribution in [0.2, 0.25) is 5.02 Å². The van der Waals surface area contributed by atoms with Gasteiger partial charge < -0.3 is 15.2 Å². The Bertz CT molecular complexity index is 864. The lowest BCUT2D eigenvalue weighted by molar-refractivity contribution is -0.139. The number of nitrogens with one attached hydrogen (secondary N) is 1. The topological polar surface area (TPSA) is 93.4 Å². The number of halogens is 1. The number of hydrogen-bond acceptors (Lipinski definition) is 5. The zero-order valence-corrected chi connectivity index (χ0v) is 13.5. The molecule has 2 aromatic rings. The van der Waals surface area contributed by atoms with Crippen LogP contribution < -0.4 is 15.6 Å². The summed E-state index contributed by atoms with van der Waals surface area (Å²) in [6.07, 6.45) is 1.49. The molecule has 0 bridgehead atoms. The highest BCUT2D eigenvalue weighted by Crippen LogP contribution is 2.20. The summed E-state index contributed by atoms with van der Waals surface area (Å²) in [6, 6.07) is 4.31. The molecule has 1 saturated heterocycles. The van der Waals surface area contributed by atoms with Crippen LogP contribution in [-0.4, -0.2) is 39.3 Å². The summed E-state index contributed by atoms with van der Waals surface area (Å²) < 4.78 is 7.18. The molecule has 126 valence electrons. The lowest BCUT2D eigenvalue weighted by atomic mass is 10.2. The molecule has 1 aromatic carbocycles. The van der Waals surface area contributed by atoms with E-state index in [1.165, 1.54) is 4.57 Å². The van der Waals surface area contributed by atoms with Crippen molar-refractivity contribution in [1.82, 2.24) is 14.9 Å². The fourth-order valence-electron chi connectivity index (χ4n) is 2.68. The van der Waals surface area contributed by atoms with E-state index >= 15 is 0 Å². The fourth-order valence-corrected chi connectivity index (χ4v) is 2.85. The molecule has 1 fully saturated rings. The van der Waals surface area contributed by atoms with Crippen LogP contribution in [0.25, 0.3) is 10.9 Å². The van der Waals surface area contributed by atoms with Crippen molar-refractivity contribution < 1.29 is 14.6 Å². The number of fused-ring (bicyclic) bond motifs is 1. The van der Waals surface area contributed by atoms with Gasteiger partial charge in [-0.2, -0.15) is 4.98 Å². The molecule has 0 amide bonds. The second-order valence-corrected chi connectivity index (χ2v) is 5.97. The maximum Gasteiger partial charge on any atom is 0.320 e. The predicted octanol–water partition coefficient (Wildman–Crippen LogP) is 1.43. The Morgan fingerprint density at radius 3 is 3.04 bits per heavy atom. The number of hydrogen-bond donors (Lipinski definition) is 2. The minimum atomic E-state index is -0.928. The second-order valence-electron chi connectivity index (χ2n) is 5.53. The summed E-state index contributed by atoms with van der Waals surface area (Å²) in [7, 11) is 0. The third-order valence-electron chi connectivity index (χ3n) is 3.85. The van der Waals surface area contributed by atoms with Crippen molar-refractivity contribution in [3.05, 3.63) is 46.2 Å². The Hall–Kier alpha value is -2.38. The van der Waals surface area contributed by atoms with Crippen molar-refractivity contribution >= 4 is 28.5 Å². The van der Waals surface area contributed by atoms with Crippen LogP contribution in [0, 0.1) is 0 Å². The average Bonchev–Trinajstić information content (AvgIpc) is 2.99. The van der Waals surface area contributed by atoms with Crippen LogP contribution in [0.3, 0.4) is 0 Å². The number of benzene rings is 1. The zero-order valence-electron chi connectivity index (χ0n) is 12.7. The summed E-state index contributed by atoms with van der Waals surface area (Å²) >= 11 is 5.97. The summed E-state index contributed by atoms with van der Waals surface area (Å²) in [5, 5.41) is 12.8. The molecule has 3 rings (SSSR count). The molecule has 2 heterocycles. The van der Waals surface area contributed by atoms with Gasteiger partial charge in [-0.05, 0) is 18.2 Å². The lowest BCUT2D eigenvalue weighted by Crippen LogP contribution is -2.30. The molecule has 2 atom stereocenters. The van der Waals surface area contributed by atoms with E-state index < -0.39 is 12.0 Å². The maximum atomic E-state index is 12.6. The second kappa shape index (κ2) is 6.62. The highest BCUT2D eigenvalue weighted by Gasteiger charge is 2.31. The smallest absolute Gasteiger partial charge is 0.320 e. The third kappa shape index (κ3) is 3.13. The highest BCUT2D eigenvalue weighted by molar-refractivity contribution is 6.31. The van der Waals surface area contributed by atoms with Gasteiger partial charge in [-0.1, -0.05) is 17.7 Å². The quantitative estimate of drug-likeness (QED) is 0.793. The molecule has 1 aromatic heterocycles. The molecule has 24 heavy (non-hydrogen) atoms. The van der Waals surface area contributed by atoms with Crippen molar-refractivity contribution in [2.45, 2.75) is 25.1 Å². The number of nitrogens with zero attached hydrogens (tertiary/aromatic N) is 2. The monoisotopic (exact) mass is 349 g/mol. The molecular weight excluding hydrogens is 334 g/mol. The molecular formula is C16H16ClN3O4. The fraction of sp³-hybridized carbons (Fsp3) is 0.312. The van der Waals surface area contributed by atoms with Gasteiger partial charge in [0.25, 0.3) is 11.6 Å². The largest absolute Gasteiger partial charge is 0.480 e. The number of aromatic nitrogens is 2. The molecule has 0 radical (unpaired) electrons. The van der Waals surface area contributed by atoms with Crippen molar-refractivity contribution in [3.8, 4) is 6.01 Å². The van der Waals surface area contributed by atoms with E-state index in [0.29, 0.717) is 28.9 Å². The van der Waals surface area contributed by atoms with E-state index in [-0.39, 0.29) is 24.2 Å². The van der Waals surface area contributed by atoms with Gasteiger partial charge >= 0.3 is 5.97 Å². The van der Waals surface area contributed by atoms with Gasteiger partial charge in [-0.25, -0.2) is 0 Å². The minimum Gasteiger partial charge on any atom is -0.480 e. The van der Waals surface area contributed by atoms with Crippen LogP contribution in [0.1, 0.15) is 6.42 Å². The Kier molecular flexibility index (Phi) is 4.55. The number of aliphatic carboxylic acids is 1. The van der Waals surface area contributed by atoms with Crippen LogP contribution in [0.4, 0.5) is 0 Å². The van der Waals surface area contributed by atoms with Gasteiger partial charge in [-0.15, -0.1) is 6.58 Å². The summed E-state index contributed by atoms with van der Waals surface area (Å²) in [6.45, 7) is 4.25. The zero-order chi connectivity index (χ0) is 17.3. The van der Waals surface area contributed by atoms with E-state index in [0.717, 1.165) is 0 Å². The molecule has 8 heteroatoms. The molecule has 0 aliphatic carbocycles. The standard InChI is InChI=1S/C16H16ClN3O4/c1-2-5-20-14(21)11-4-3-9(17)6-12(11)19-16(20)24-10-7-13(15(22)23)18-8-10/h2-4,6,10,13,18H,1,5,7-8H2,(H,22,23)/t10-,13+/m1/s1. The van der Waals surface area contributed by atoms with E-state index in [1.54, 1.807) is 24.3 Å². The third-order valence-corrected chi connectivity index (χ3v) is 4.09. The minimum absolute atomic E-state index is 0.132. The van der Waals surface area contributed by atoms with E-state index in [4.69, 9.17) is 21.4 Å². The van der Waals surface area contributed by atoms with Gasteiger partial charge in [0.05, 0.1) is 10.9 Å². The van der Waals surface area contributed by atoms with Crippen molar-refractivity contribution in [2.24, 2.45) is 0 Å². The van der Waals surface area contributed by atoms with E-state index in [9.17, 15) is 9.59 Å². The number of allylic oxidation sites excluding steroid dienone is 1. The Morgan fingerprint density at radius 1 is 1.58 bits per heavy atom. The Morgan fingerprint density at radius 2 is 2.38 bits per heavy atom. The van der Waals surface area contributed by atoms with Gasteiger partial charge in [0.1, 0.15) is 12.1 Å². The summed E-state index contributed by atoms with van der Waals surface area (Å²) in [5.41, 5.74) is 0.177. The first-order valence-corrected chi connectivity index (χ1v) is 7.81. The Labute approximate surface area is 142 Å². The molecule has 2 N–H and O–H groups in total. The molecule has 1 aliphatic rings. The molecule has 0 spiro atoms. The number of carboxylic acid groups (broad SMARTS) is 1. The van der Waals surface area contributed by atoms with Gasteiger partial charge in [0, 0.05) is 24.5 Å². The van der Waals surface area contributed by atoms with Gasteiger partial charge in [-0.3, -0.25) is 14.2 Å². The first kappa shape index (κ1) is 16.5. The average molecular weight is 350 g/mol. The van der Waals surface area contributed by atoms with Crippen LogP contribution >= 0.6 is 11.6 Å². The summed E-state index contributed by atoms with van der Waals surface area (Å²) in [4.78, 5) is 28.0. The number of rotatable bonds is 5. The number of carboxylic acids is 1. The van der Waals surface area contributed by atoms with Crippen LogP contribution in [0.5, 0.6) is 6.01 Å². The highest BCUT2D eigenvalue weighted by atomic mass is 35.5. The molecule has 1 aliphatic heterocycles. The summed E-state index contributed by atoms with van der Waals surface area (Å²) in [5.74, 6) is -0.928. The van der Waals surface area contributed by atoms with Gasteiger partial charge in [0.15, 0.2) is 0 Å². The molecule has 7 nitrogen and oxygen atoms in total. The van der Waals surface area contributed by atoms with Crippen molar-refractivity contribution in [2.75, 3.05) is 6.54 Å². The first-order chi connectivity index (χ1) is 11.5.